The number of hydrogen-bond donors (Lipinski definition) is 1. The molecule has 26 heavy (non-hydrogen) atoms. The summed E-state index contributed by atoms with van der Waals surface area (Å²) in [5.74, 6) is 1.39. The molecule has 0 fully saturated rings. The summed E-state index contributed by atoms with van der Waals surface area (Å²) in [5, 5.41) is 7.08. The molecule has 0 atom stereocenters. The fourth-order valence-electron chi connectivity index (χ4n) is 2.51. The fraction of sp³-hybridized carbons (Fsp3) is 0.200. The molecule has 0 saturated carbocycles. The Balaban J connectivity index is 1.58. The molecule has 1 amide bonds. The third-order valence-electron chi connectivity index (χ3n) is 3.94. The van der Waals surface area contributed by atoms with E-state index in [1.54, 1.807) is 30.1 Å². The zero-order valence-electron chi connectivity index (χ0n) is 15.0. The molecule has 0 saturated heterocycles. The number of ether oxygens (including phenoxy) is 2. The minimum absolute atomic E-state index is 0.163. The number of carbonyl (C=O) groups is 1. The van der Waals surface area contributed by atoms with Gasteiger partial charge in [0.25, 0.3) is 5.91 Å². The molecule has 0 radical (unpaired) electrons. The first-order valence-electron chi connectivity index (χ1n) is 8.22. The molecule has 0 aliphatic heterocycles. The van der Waals surface area contributed by atoms with Crippen LogP contribution < -0.4 is 14.8 Å². The molecule has 6 heteroatoms. The van der Waals surface area contributed by atoms with E-state index in [0.717, 1.165) is 22.8 Å². The Labute approximate surface area is 152 Å². The van der Waals surface area contributed by atoms with Gasteiger partial charge in [-0.15, -0.1) is 0 Å². The number of aryl methyl sites for hydroxylation is 2. The summed E-state index contributed by atoms with van der Waals surface area (Å²) < 4.78 is 12.5. The summed E-state index contributed by atoms with van der Waals surface area (Å²) in [4.78, 5) is 12.3. The predicted molar refractivity (Wildman–Crippen MR) is 99.7 cm³/mol. The zero-order chi connectivity index (χ0) is 18.5. The molecule has 134 valence electrons. The van der Waals surface area contributed by atoms with E-state index in [9.17, 15) is 4.79 Å². The number of carbonyl (C=O) groups excluding carboxylic acids is 1. The third kappa shape index (κ3) is 4.22. The second-order valence-electron chi connectivity index (χ2n) is 5.92. The Morgan fingerprint density at radius 2 is 1.73 bits per heavy atom. The van der Waals surface area contributed by atoms with Crippen LogP contribution in [0.1, 0.15) is 21.6 Å². The van der Waals surface area contributed by atoms with Crippen LogP contribution in [-0.2, 0) is 13.7 Å². The van der Waals surface area contributed by atoms with E-state index < -0.39 is 0 Å². The van der Waals surface area contributed by atoms with Crippen molar-refractivity contribution >= 4 is 11.6 Å². The average Bonchev–Trinajstić information content (AvgIpc) is 2.97. The number of benzene rings is 2. The lowest BCUT2D eigenvalue weighted by Crippen LogP contribution is -2.12. The molecule has 2 aromatic carbocycles. The Morgan fingerprint density at radius 3 is 2.31 bits per heavy atom. The van der Waals surface area contributed by atoms with Crippen molar-refractivity contribution in [1.82, 2.24) is 9.78 Å². The number of nitrogens with one attached hydrogen (secondary N) is 1. The molecule has 6 nitrogen and oxygen atoms in total. The minimum atomic E-state index is -0.163. The van der Waals surface area contributed by atoms with Crippen LogP contribution in [-0.4, -0.2) is 22.8 Å². The summed E-state index contributed by atoms with van der Waals surface area (Å²) in [6, 6.07) is 14.8. The highest BCUT2D eigenvalue weighted by atomic mass is 16.5. The van der Waals surface area contributed by atoms with Gasteiger partial charge in [0.15, 0.2) is 0 Å². The van der Waals surface area contributed by atoms with Gasteiger partial charge in [-0.2, -0.15) is 5.10 Å². The number of aromatic nitrogens is 2. The molecule has 1 heterocycles. The van der Waals surface area contributed by atoms with Gasteiger partial charge in [0.05, 0.1) is 18.5 Å². The number of rotatable bonds is 6. The molecule has 0 aliphatic carbocycles. The van der Waals surface area contributed by atoms with Crippen LogP contribution in [0.4, 0.5) is 5.69 Å². The lowest BCUT2D eigenvalue weighted by atomic mass is 10.1. The first-order valence-corrected chi connectivity index (χ1v) is 8.22. The molecule has 1 N–H and O–H groups in total. The van der Waals surface area contributed by atoms with Gasteiger partial charge in [0.1, 0.15) is 18.1 Å². The quantitative estimate of drug-likeness (QED) is 0.737. The van der Waals surface area contributed by atoms with Crippen LogP contribution in [0, 0.1) is 6.92 Å². The second-order valence-corrected chi connectivity index (χ2v) is 5.92. The molecular weight excluding hydrogens is 330 g/mol. The van der Waals surface area contributed by atoms with Gasteiger partial charge in [-0.1, -0.05) is 12.1 Å². The predicted octanol–water partition coefficient (Wildman–Crippen LogP) is 3.57. The van der Waals surface area contributed by atoms with E-state index in [2.05, 4.69) is 10.4 Å². The topological polar surface area (TPSA) is 65.4 Å². The van der Waals surface area contributed by atoms with Crippen LogP contribution in [0.15, 0.2) is 54.7 Å². The van der Waals surface area contributed by atoms with Crippen LogP contribution in [0.3, 0.4) is 0 Å². The number of nitrogens with zero attached hydrogens (tertiary/aromatic N) is 2. The van der Waals surface area contributed by atoms with E-state index in [-0.39, 0.29) is 5.91 Å². The largest absolute Gasteiger partial charge is 0.497 e. The number of amides is 1. The zero-order valence-corrected chi connectivity index (χ0v) is 15.0. The summed E-state index contributed by atoms with van der Waals surface area (Å²) >= 11 is 0. The average molecular weight is 351 g/mol. The van der Waals surface area contributed by atoms with E-state index >= 15 is 0 Å². The molecule has 0 aliphatic rings. The van der Waals surface area contributed by atoms with Crippen molar-refractivity contribution in [3.8, 4) is 11.5 Å². The van der Waals surface area contributed by atoms with Crippen LogP contribution in [0.25, 0.3) is 0 Å². The van der Waals surface area contributed by atoms with Crippen LogP contribution >= 0.6 is 0 Å². The van der Waals surface area contributed by atoms with Crippen molar-refractivity contribution < 1.29 is 14.3 Å². The molecule has 0 spiro atoms. The molecule has 0 bridgehead atoms. The molecule has 3 aromatic rings. The Hall–Kier alpha value is -3.28. The number of methoxy groups -OCH3 is 1. The maximum Gasteiger partial charge on any atom is 0.255 e. The first kappa shape index (κ1) is 17.5. The van der Waals surface area contributed by atoms with E-state index in [4.69, 9.17) is 9.47 Å². The fourth-order valence-corrected chi connectivity index (χ4v) is 2.51. The lowest BCUT2D eigenvalue weighted by Gasteiger charge is -2.08. The van der Waals surface area contributed by atoms with Gasteiger partial charge in [-0.05, 0) is 48.9 Å². The van der Waals surface area contributed by atoms with E-state index in [0.29, 0.717) is 17.9 Å². The van der Waals surface area contributed by atoms with Crippen LogP contribution in [0.2, 0.25) is 0 Å². The standard InChI is InChI=1S/C20H21N3O3/c1-14-19(12-23(2)22-14)21-20(24)16-6-4-15(5-7-16)13-26-18-10-8-17(25-3)9-11-18/h4-12H,13H2,1-3H3,(H,21,24). The summed E-state index contributed by atoms with van der Waals surface area (Å²) in [7, 11) is 3.45. The van der Waals surface area contributed by atoms with Gasteiger partial charge in [0, 0.05) is 18.8 Å². The lowest BCUT2D eigenvalue weighted by molar-refractivity contribution is 0.102. The van der Waals surface area contributed by atoms with Crippen LogP contribution in [0.5, 0.6) is 11.5 Å². The smallest absolute Gasteiger partial charge is 0.255 e. The number of anilines is 1. The monoisotopic (exact) mass is 351 g/mol. The van der Waals surface area contributed by atoms with Gasteiger partial charge in [-0.25, -0.2) is 0 Å². The van der Waals surface area contributed by atoms with Gasteiger partial charge in [0.2, 0.25) is 0 Å². The van der Waals surface area contributed by atoms with Gasteiger partial charge in [-0.3, -0.25) is 9.48 Å². The highest BCUT2D eigenvalue weighted by Crippen LogP contribution is 2.19. The highest BCUT2D eigenvalue weighted by molar-refractivity contribution is 6.04. The van der Waals surface area contributed by atoms with Crippen molar-refractivity contribution in [2.45, 2.75) is 13.5 Å². The Morgan fingerprint density at radius 1 is 1.08 bits per heavy atom. The summed E-state index contributed by atoms with van der Waals surface area (Å²) in [6.07, 6.45) is 1.78. The van der Waals surface area contributed by atoms with Crippen molar-refractivity contribution in [3.63, 3.8) is 0 Å². The van der Waals surface area contributed by atoms with Crippen molar-refractivity contribution in [1.29, 1.82) is 0 Å². The third-order valence-corrected chi connectivity index (χ3v) is 3.94. The van der Waals surface area contributed by atoms with E-state index in [1.807, 2.05) is 50.4 Å². The molecular formula is C20H21N3O3. The van der Waals surface area contributed by atoms with E-state index in [1.165, 1.54) is 0 Å². The molecule has 1 aromatic heterocycles. The summed E-state index contributed by atoms with van der Waals surface area (Å²) in [5.41, 5.74) is 3.06. The second kappa shape index (κ2) is 7.74. The maximum atomic E-state index is 12.3. The SMILES string of the molecule is COc1ccc(OCc2ccc(C(=O)Nc3cn(C)nc3C)cc2)cc1. The maximum absolute atomic E-state index is 12.3. The Kier molecular flexibility index (Phi) is 5.22. The van der Waals surface area contributed by atoms with Crippen molar-refractivity contribution in [2.75, 3.05) is 12.4 Å². The summed E-state index contributed by atoms with van der Waals surface area (Å²) in [6.45, 7) is 2.28. The van der Waals surface area contributed by atoms with Crippen molar-refractivity contribution in [3.05, 3.63) is 71.5 Å². The normalized spacial score (nSPS) is 10.4. The Bertz CT molecular complexity index is 884. The number of hydrogen-bond acceptors (Lipinski definition) is 4. The molecule has 0 unspecified atom stereocenters. The first-order chi connectivity index (χ1) is 12.5. The highest BCUT2D eigenvalue weighted by Gasteiger charge is 2.10. The van der Waals surface area contributed by atoms with Crippen molar-refractivity contribution in [2.24, 2.45) is 7.05 Å². The van der Waals surface area contributed by atoms with Gasteiger partial charge < -0.3 is 14.8 Å². The minimum Gasteiger partial charge on any atom is -0.497 e. The van der Waals surface area contributed by atoms with Gasteiger partial charge >= 0.3 is 0 Å². The molecule has 3 rings (SSSR count).